The van der Waals surface area contributed by atoms with Gasteiger partial charge < -0.3 is 10.2 Å². The summed E-state index contributed by atoms with van der Waals surface area (Å²) >= 11 is 0. The monoisotopic (exact) mass is 400 g/mol. The Hall–Kier alpha value is -3.67. The van der Waals surface area contributed by atoms with Gasteiger partial charge in [-0.3, -0.25) is 19.5 Å². The van der Waals surface area contributed by atoms with Crippen molar-refractivity contribution in [3.05, 3.63) is 89.7 Å². The van der Waals surface area contributed by atoms with Crippen molar-refractivity contribution in [1.29, 1.82) is 0 Å². The number of hydrogen-bond donors (Lipinski definition) is 1. The number of nitrogens with zero attached hydrogens (tertiary/aromatic N) is 3. The van der Waals surface area contributed by atoms with Crippen LogP contribution in [0.3, 0.4) is 0 Å². The Morgan fingerprint density at radius 3 is 2.47 bits per heavy atom. The van der Waals surface area contributed by atoms with Gasteiger partial charge in [-0.05, 0) is 42.0 Å². The van der Waals surface area contributed by atoms with E-state index >= 15 is 0 Å². The van der Waals surface area contributed by atoms with Crippen molar-refractivity contribution in [3.63, 3.8) is 0 Å². The van der Waals surface area contributed by atoms with Crippen molar-refractivity contribution in [2.75, 3.05) is 23.9 Å². The molecule has 0 saturated heterocycles. The summed E-state index contributed by atoms with van der Waals surface area (Å²) in [6.07, 6.45) is 1.82. The zero-order valence-electron chi connectivity index (χ0n) is 17.1. The van der Waals surface area contributed by atoms with Gasteiger partial charge >= 0.3 is 0 Å². The van der Waals surface area contributed by atoms with Crippen LogP contribution in [0.25, 0.3) is 0 Å². The van der Waals surface area contributed by atoms with Crippen LogP contribution in [-0.4, -0.2) is 30.9 Å². The normalized spacial score (nSPS) is 15.1. The minimum atomic E-state index is -0.424. The highest BCUT2D eigenvalue weighted by Gasteiger charge is 2.39. The Balaban J connectivity index is 1.49. The molecule has 152 valence electrons. The van der Waals surface area contributed by atoms with Gasteiger partial charge in [-0.1, -0.05) is 30.3 Å². The fourth-order valence-electron chi connectivity index (χ4n) is 3.69. The first-order valence-electron chi connectivity index (χ1n) is 9.91. The van der Waals surface area contributed by atoms with Crippen LogP contribution in [0.2, 0.25) is 0 Å². The van der Waals surface area contributed by atoms with E-state index in [1.165, 1.54) is 0 Å². The molecule has 2 aromatic carbocycles. The smallest absolute Gasteiger partial charge is 0.260 e. The number of rotatable bonds is 6. The van der Waals surface area contributed by atoms with E-state index in [2.05, 4.69) is 10.3 Å². The number of fused-ring (bicyclic) bond motifs is 1. The van der Waals surface area contributed by atoms with E-state index in [9.17, 15) is 9.59 Å². The largest absolute Gasteiger partial charge is 0.378 e. The standard InChI is InChI=1S/C24H24N4O2/c1-27(2)18-12-10-17(11-13-18)16-26-22(29)15-21-23-20(9-6-14-25-23)24(30)28(21)19-7-4-3-5-8-19/h3-14,21H,15-16H2,1-2H3,(H,26,29). The molecule has 6 heteroatoms. The van der Waals surface area contributed by atoms with Crippen molar-refractivity contribution in [3.8, 4) is 0 Å². The van der Waals surface area contributed by atoms with Gasteiger partial charge in [0.05, 0.1) is 23.7 Å². The van der Waals surface area contributed by atoms with Crippen LogP contribution in [0.5, 0.6) is 0 Å². The van der Waals surface area contributed by atoms with E-state index in [4.69, 9.17) is 0 Å². The SMILES string of the molecule is CN(C)c1ccc(CNC(=O)CC2c3ncccc3C(=O)N2c2ccccc2)cc1. The minimum Gasteiger partial charge on any atom is -0.378 e. The molecule has 1 aliphatic heterocycles. The number of carbonyl (C=O) groups is 2. The molecule has 0 fully saturated rings. The van der Waals surface area contributed by atoms with Crippen LogP contribution in [0.15, 0.2) is 72.9 Å². The molecule has 6 nitrogen and oxygen atoms in total. The molecule has 30 heavy (non-hydrogen) atoms. The van der Waals surface area contributed by atoms with Crippen LogP contribution in [0.4, 0.5) is 11.4 Å². The highest BCUT2D eigenvalue weighted by Crippen LogP contribution is 2.38. The Bertz CT molecular complexity index is 1050. The van der Waals surface area contributed by atoms with Crippen molar-refractivity contribution in [2.24, 2.45) is 0 Å². The molecule has 2 amide bonds. The lowest BCUT2D eigenvalue weighted by Gasteiger charge is -2.24. The van der Waals surface area contributed by atoms with Crippen LogP contribution >= 0.6 is 0 Å². The second kappa shape index (κ2) is 8.37. The van der Waals surface area contributed by atoms with Gasteiger partial charge in [0, 0.05) is 38.2 Å². The Morgan fingerprint density at radius 1 is 1.03 bits per heavy atom. The van der Waals surface area contributed by atoms with Crippen LogP contribution in [-0.2, 0) is 11.3 Å². The van der Waals surface area contributed by atoms with E-state index < -0.39 is 6.04 Å². The summed E-state index contributed by atoms with van der Waals surface area (Å²) < 4.78 is 0. The average Bonchev–Trinajstić information content (AvgIpc) is 3.05. The third kappa shape index (κ3) is 3.89. The summed E-state index contributed by atoms with van der Waals surface area (Å²) in [6.45, 7) is 0.438. The maximum atomic E-state index is 13.0. The summed E-state index contributed by atoms with van der Waals surface area (Å²) in [4.78, 5) is 33.9. The molecule has 1 aliphatic rings. The first-order valence-corrected chi connectivity index (χ1v) is 9.91. The predicted molar refractivity (Wildman–Crippen MR) is 117 cm³/mol. The third-order valence-corrected chi connectivity index (χ3v) is 5.27. The number of amides is 2. The van der Waals surface area contributed by atoms with Gasteiger partial charge in [0.25, 0.3) is 5.91 Å². The predicted octanol–water partition coefficient (Wildman–Crippen LogP) is 3.56. The summed E-state index contributed by atoms with van der Waals surface area (Å²) in [5, 5.41) is 2.97. The summed E-state index contributed by atoms with van der Waals surface area (Å²) in [7, 11) is 3.98. The summed E-state index contributed by atoms with van der Waals surface area (Å²) in [6, 6.07) is 20.6. The zero-order chi connectivity index (χ0) is 21.1. The van der Waals surface area contributed by atoms with Gasteiger partial charge in [0.2, 0.25) is 5.91 Å². The number of para-hydroxylation sites is 1. The minimum absolute atomic E-state index is 0.121. The molecule has 0 bridgehead atoms. The number of nitrogens with one attached hydrogen (secondary N) is 1. The Kier molecular flexibility index (Phi) is 5.48. The lowest BCUT2D eigenvalue weighted by atomic mass is 10.1. The van der Waals surface area contributed by atoms with Gasteiger partial charge in [0.1, 0.15) is 0 Å². The molecule has 1 N–H and O–H groups in total. The quantitative estimate of drug-likeness (QED) is 0.687. The van der Waals surface area contributed by atoms with Gasteiger partial charge in [-0.2, -0.15) is 0 Å². The summed E-state index contributed by atoms with van der Waals surface area (Å²) in [5.74, 6) is -0.245. The van der Waals surface area contributed by atoms with Crippen LogP contribution < -0.4 is 15.1 Å². The van der Waals surface area contributed by atoms with Crippen molar-refractivity contribution in [1.82, 2.24) is 10.3 Å². The number of aromatic nitrogens is 1. The Morgan fingerprint density at radius 2 is 1.77 bits per heavy atom. The number of anilines is 2. The molecule has 2 heterocycles. The molecule has 3 aromatic rings. The van der Waals surface area contributed by atoms with E-state index in [0.717, 1.165) is 16.9 Å². The van der Waals surface area contributed by atoms with Crippen molar-refractivity contribution >= 4 is 23.2 Å². The first kappa shape index (κ1) is 19.6. The van der Waals surface area contributed by atoms with E-state index in [1.54, 1.807) is 23.2 Å². The topological polar surface area (TPSA) is 65.5 Å². The number of carbonyl (C=O) groups excluding carboxylic acids is 2. The highest BCUT2D eigenvalue weighted by atomic mass is 16.2. The zero-order valence-corrected chi connectivity index (χ0v) is 17.1. The number of pyridine rings is 1. The first-order chi connectivity index (χ1) is 14.5. The molecule has 0 spiro atoms. The molecule has 4 rings (SSSR count). The summed E-state index contributed by atoms with van der Waals surface area (Å²) in [5.41, 5.74) is 4.10. The Labute approximate surface area is 176 Å². The molecule has 1 unspecified atom stereocenters. The van der Waals surface area contributed by atoms with Gasteiger partial charge in [-0.15, -0.1) is 0 Å². The maximum absolute atomic E-state index is 13.0. The molecule has 1 atom stereocenters. The third-order valence-electron chi connectivity index (χ3n) is 5.27. The second-order valence-electron chi connectivity index (χ2n) is 7.50. The molecule has 0 saturated carbocycles. The highest BCUT2D eigenvalue weighted by molar-refractivity contribution is 6.11. The van der Waals surface area contributed by atoms with Crippen LogP contribution in [0.1, 0.15) is 34.1 Å². The van der Waals surface area contributed by atoms with Crippen molar-refractivity contribution in [2.45, 2.75) is 19.0 Å². The fraction of sp³-hybridized carbons (Fsp3) is 0.208. The number of benzene rings is 2. The van der Waals surface area contributed by atoms with Crippen LogP contribution in [0, 0.1) is 0 Å². The molecular weight excluding hydrogens is 376 g/mol. The van der Waals surface area contributed by atoms with Gasteiger partial charge in [0.15, 0.2) is 0 Å². The van der Waals surface area contributed by atoms with E-state index in [-0.39, 0.29) is 18.2 Å². The second-order valence-corrected chi connectivity index (χ2v) is 7.50. The van der Waals surface area contributed by atoms with Crippen molar-refractivity contribution < 1.29 is 9.59 Å². The lowest BCUT2D eigenvalue weighted by Crippen LogP contribution is -2.32. The molecule has 1 aromatic heterocycles. The number of hydrogen-bond acceptors (Lipinski definition) is 4. The molecule has 0 aliphatic carbocycles. The molecule has 0 radical (unpaired) electrons. The lowest BCUT2D eigenvalue weighted by molar-refractivity contribution is -0.121. The maximum Gasteiger partial charge on any atom is 0.260 e. The van der Waals surface area contributed by atoms with E-state index in [1.807, 2.05) is 73.6 Å². The molecular formula is C24H24N4O2. The van der Waals surface area contributed by atoms with E-state index in [0.29, 0.717) is 17.8 Å². The average molecular weight is 400 g/mol. The fourth-order valence-corrected chi connectivity index (χ4v) is 3.69. The van der Waals surface area contributed by atoms with Gasteiger partial charge in [-0.25, -0.2) is 0 Å².